The van der Waals surface area contributed by atoms with Gasteiger partial charge in [-0.05, 0) is 41.5 Å². The molecular formula is C24H15Cl2NO5. The van der Waals surface area contributed by atoms with E-state index in [1.165, 1.54) is 30.3 Å². The fraction of sp³-hybridized carbons (Fsp3) is 0.125. The minimum atomic E-state index is -0.842. The third kappa shape index (κ3) is 2.91. The molecule has 0 spiro atoms. The van der Waals surface area contributed by atoms with E-state index in [0.717, 1.165) is 4.90 Å². The molecule has 2 aliphatic rings. The van der Waals surface area contributed by atoms with Crippen LogP contribution in [0.5, 0.6) is 11.5 Å². The van der Waals surface area contributed by atoms with Crippen LogP contribution < -0.4 is 4.90 Å². The van der Waals surface area contributed by atoms with Gasteiger partial charge in [-0.3, -0.25) is 19.3 Å². The van der Waals surface area contributed by atoms with Gasteiger partial charge < -0.3 is 10.2 Å². The van der Waals surface area contributed by atoms with Gasteiger partial charge in [-0.1, -0.05) is 47.5 Å². The fourth-order valence-corrected chi connectivity index (χ4v) is 4.96. The molecule has 0 saturated carbocycles. The number of fused-ring (bicyclic) bond motifs is 2. The minimum absolute atomic E-state index is 0.0275. The summed E-state index contributed by atoms with van der Waals surface area (Å²) in [6.07, 6.45) is -0.109. The number of amides is 2. The lowest BCUT2D eigenvalue weighted by molar-refractivity contribution is -0.122. The molecule has 1 aliphatic heterocycles. The first-order chi connectivity index (χ1) is 15.3. The molecule has 1 heterocycles. The van der Waals surface area contributed by atoms with Gasteiger partial charge in [0.05, 0.1) is 32.8 Å². The third-order valence-electron chi connectivity index (χ3n) is 6.02. The van der Waals surface area contributed by atoms with E-state index in [0.29, 0.717) is 21.8 Å². The quantitative estimate of drug-likeness (QED) is 0.534. The van der Waals surface area contributed by atoms with Crippen molar-refractivity contribution in [3.8, 4) is 11.5 Å². The van der Waals surface area contributed by atoms with Crippen molar-refractivity contribution < 1.29 is 24.6 Å². The van der Waals surface area contributed by atoms with Gasteiger partial charge in [-0.2, -0.15) is 0 Å². The van der Waals surface area contributed by atoms with Crippen molar-refractivity contribution in [1.82, 2.24) is 0 Å². The number of hydrogen-bond donors (Lipinski definition) is 2. The van der Waals surface area contributed by atoms with Gasteiger partial charge in [-0.25, -0.2) is 0 Å². The van der Waals surface area contributed by atoms with Crippen molar-refractivity contribution in [1.29, 1.82) is 0 Å². The molecule has 3 aromatic rings. The van der Waals surface area contributed by atoms with Crippen molar-refractivity contribution in [2.75, 3.05) is 4.90 Å². The van der Waals surface area contributed by atoms with E-state index in [2.05, 4.69) is 0 Å². The Morgan fingerprint density at radius 2 is 1.41 bits per heavy atom. The number of benzene rings is 3. The summed E-state index contributed by atoms with van der Waals surface area (Å²) in [5.74, 6) is -3.45. The van der Waals surface area contributed by atoms with Crippen LogP contribution in [0.15, 0.2) is 54.6 Å². The molecule has 32 heavy (non-hydrogen) atoms. The number of anilines is 1. The topological polar surface area (TPSA) is 94.9 Å². The number of halogens is 2. The lowest BCUT2D eigenvalue weighted by Crippen LogP contribution is -2.33. The number of ketones is 1. The molecule has 0 bridgehead atoms. The maximum absolute atomic E-state index is 13.5. The van der Waals surface area contributed by atoms with Crippen molar-refractivity contribution in [2.24, 2.45) is 5.92 Å². The van der Waals surface area contributed by atoms with Crippen molar-refractivity contribution in [2.45, 2.75) is 12.3 Å². The molecule has 3 aromatic carbocycles. The van der Waals surface area contributed by atoms with Crippen molar-refractivity contribution in [3.05, 3.63) is 86.9 Å². The second kappa shape index (κ2) is 7.36. The molecule has 1 aliphatic carbocycles. The summed E-state index contributed by atoms with van der Waals surface area (Å²) in [6, 6.07) is 13.7. The fourth-order valence-electron chi connectivity index (χ4n) is 4.67. The zero-order chi connectivity index (χ0) is 22.7. The summed E-state index contributed by atoms with van der Waals surface area (Å²) >= 11 is 12.0. The highest BCUT2D eigenvalue weighted by Crippen LogP contribution is 2.49. The summed E-state index contributed by atoms with van der Waals surface area (Å²) in [4.78, 5) is 40.6. The molecule has 1 atom stereocenters. The Balaban J connectivity index is 1.66. The molecule has 0 radical (unpaired) electrons. The highest BCUT2D eigenvalue weighted by molar-refractivity contribution is 6.42. The summed E-state index contributed by atoms with van der Waals surface area (Å²) in [7, 11) is 0. The van der Waals surface area contributed by atoms with Crippen LogP contribution in [0, 0.1) is 5.92 Å². The van der Waals surface area contributed by atoms with Gasteiger partial charge in [0.25, 0.3) is 0 Å². The van der Waals surface area contributed by atoms with Crippen LogP contribution in [0.4, 0.5) is 5.69 Å². The Morgan fingerprint density at radius 1 is 0.812 bits per heavy atom. The van der Waals surface area contributed by atoms with E-state index >= 15 is 0 Å². The first kappa shape index (κ1) is 20.5. The molecule has 2 N–H and O–H groups in total. The molecule has 0 aromatic heterocycles. The normalized spacial score (nSPS) is 18.1. The number of carbonyl (C=O) groups is 3. The smallest absolute Gasteiger partial charge is 0.238 e. The number of rotatable bonds is 2. The second-order valence-corrected chi connectivity index (χ2v) is 8.58. The highest BCUT2D eigenvalue weighted by atomic mass is 35.5. The average molecular weight is 468 g/mol. The first-order valence-electron chi connectivity index (χ1n) is 9.80. The van der Waals surface area contributed by atoms with E-state index < -0.39 is 29.4 Å². The number of nitrogens with zero attached hydrogens (tertiary/aromatic N) is 1. The van der Waals surface area contributed by atoms with Crippen LogP contribution in [0.1, 0.15) is 39.4 Å². The maximum Gasteiger partial charge on any atom is 0.238 e. The predicted octanol–water partition coefficient (Wildman–Crippen LogP) is 4.66. The Bertz CT molecular complexity index is 1280. The summed E-state index contributed by atoms with van der Waals surface area (Å²) in [5, 5.41) is 21.3. The van der Waals surface area contributed by atoms with Crippen molar-refractivity contribution >= 4 is 46.5 Å². The molecule has 5 rings (SSSR count). The SMILES string of the molecule is O=C1c2c(O)cccc2C(C2CC(=O)N(c3ccc(Cl)c(Cl)c3)C2=O)c2cccc(O)c21. The van der Waals surface area contributed by atoms with Gasteiger partial charge in [-0.15, -0.1) is 0 Å². The summed E-state index contributed by atoms with van der Waals surface area (Å²) in [6.45, 7) is 0. The highest BCUT2D eigenvalue weighted by Gasteiger charge is 2.48. The molecule has 2 amide bonds. The Kier molecular flexibility index (Phi) is 4.73. The minimum Gasteiger partial charge on any atom is -0.507 e. The molecule has 1 saturated heterocycles. The first-order valence-corrected chi connectivity index (χ1v) is 10.6. The van der Waals surface area contributed by atoms with Crippen molar-refractivity contribution in [3.63, 3.8) is 0 Å². The lowest BCUT2D eigenvalue weighted by atomic mass is 9.70. The molecule has 1 unspecified atom stereocenters. The molecule has 6 nitrogen and oxygen atoms in total. The second-order valence-electron chi connectivity index (χ2n) is 7.77. The van der Waals surface area contributed by atoms with Gasteiger partial charge in [0.2, 0.25) is 17.6 Å². The predicted molar refractivity (Wildman–Crippen MR) is 119 cm³/mol. The third-order valence-corrected chi connectivity index (χ3v) is 6.76. The largest absolute Gasteiger partial charge is 0.507 e. The van der Waals surface area contributed by atoms with Crippen LogP contribution in [0.25, 0.3) is 0 Å². The number of hydrogen-bond acceptors (Lipinski definition) is 5. The van der Waals surface area contributed by atoms with Crippen LogP contribution in [-0.4, -0.2) is 27.8 Å². The van der Waals surface area contributed by atoms with E-state index in [9.17, 15) is 24.6 Å². The lowest BCUT2D eigenvalue weighted by Gasteiger charge is -2.31. The number of aromatic hydroxyl groups is 2. The standard InChI is InChI=1S/C24H15Cl2NO5/c25-15-8-7-11(9-16(15)26)27-19(30)10-14(24(27)32)20-12-3-1-5-17(28)21(12)23(31)22-13(20)4-2-6-18(22)29/h1-9,14,20,28-29H,10H2. The van der Waals surface area contributed by atoms with Gasteiger partial charge in [0, 0.05) is 12.3 Å². The molecular weight excluding hydrogens is 453 g/mol. The Labute approximate surface area is 192 Å². The molecule has 1 fully saturated rings. The van der Waals surface area contributed by atoms with E-state index in [1.54, 1.807) is 24.3 Å². The average Bonchev–Trinajstić information content (AvgIpc) is 3.04. The summed E-state index contributed by atoms with van der Waals surface area (Å²) in [5.41, 5.74) is 1.24. The Morgan fingerprint density at radius 3 is 1.97 bits per heavy atom. The number of phenols is 2. The van der Waals surface area contributed by atoms with E-state index in [-0.39, 0.29) is 34.1 Å². The van der Waals surface area contributed by atoms with Gasteiger partial charge >= 0.3 is 0 Å². The van der Waals surface area contributed by atoms with Gasteiger partial charge in [0.15, 0.2) is 0 Å². The maximum atomic E-state index is 13.5. The number of carbonyl (C=O) groups excluding carboxylic acids is 3. The zero-order valence-corrected chi connectivity index (χ0v) is 17.9. The number of imide groups is 1. The van der Waals surface area contributed by atoms with Crippen LogP contribution in [-0.2, 0) is 9.59 Å². The number of phenolic OH excluding ortho intramolecular Hbond substituents is 2. The van der Waals surface area contributed by atoms with E-state index in [4.69, 9.17) is 23.2 Å². The molecule has 8 heteroatoms. The monoisotopic (exact) mass is 467 g/mol. The van der Waals surface area contributed by atoms with Crippen LogP contribution in [0.2, 0.25) is 10.0 Å². The molecule has 160 valence electrons. The Hall–Kier alpha value is -3.35. The van der Waals surface area contributed by atoms with E-state index in [1.807, 2.05) is 0 Å². The van der Waals surface area contributed by atoms with Crippen LogP contribution >= 0.6 is 23.2 Å². The van der Waals surface area contributed by atoms with Crippen LogP contribution in [0.3, 0.4) is 0 Å². The zero-order valence-electron chi connectivity index (χ0n) is 16.4. The van der Waals surface area contributed by atoms with Gasteiger partial charge in [0.1, 0.15) is 11.5 Å². The summed E-state index contributed by atoms with van der Waals surface area (Å²) < 4.78 is 0.